The molecule has 0 saturated carbocycles. The summed E-state index contributed by atoms with van der Waals surface area (Å²) in [6.07, 6.45) is 7.10. The van der Waals surface area contributed by atoms with E-state index in [9.17, 15) is 9.90 Å². The maximum atomic E-state index is 13.5. The minimum Gasteiger partial charge on any atom is -0.391 e. The van der Waals surface area contributed by atoms with Crippen molar-refractivity contribution in [2.75, 3.05) is 26.3 Å². The first-order valence-electron chi connectivity index (χ1n) is 10.2. The highest BCUT2D eigenvalue weighted by atomic mass is 16.5. The van der Waals surface area contributed by atoms with E-state index in [4.69, 9.17) is 4.74 Å². The molecule has 2 fully saturated rings. The summed E-state index contributed by atoms with van der Waals surface area (Å²) in [5.41, 5.74) is 2.96. The standard InChI is InChI=1S/C23H28N2O3/c26-21-4-2-12-25(17-21)22(27)23(9-13-28-14-10-23)15-18-5-7-19(8-6-18)20-3-1-11-24-16-20/h1,3,5-8,11,16,21,26H,2,4,9-10,12-15,17H2. The summed E-state index contributed by atoms with van der Waals surface area (Å²) in [6, 6.07) is 12.4. The zero-order valence-electron chi connectivity index (χ0n) is 16.2. The summed E-state index contributed by atoms with van der Waals surface area (Å²) >= 11 is 0. The summed E-state index contributed by atoms with van der Waals surface area (Å²) in [4.78, 5) is 19.5. The Balaban J connectivity index is 1.54. The number of benzene rings is 1. The largest absolute Gasteiger partial charge is 0.391 e. The third-order valence-corrected chi connectivity index (χ3v) is 6.08. The fourth-order valence-corrected chi connectivity index (χ4v) is 4.44. The van der Waals surface area contributed by atoms with E-state index in [1.807, 2.05) is 23.2 Å². The molecular weight excluding hydrogens is 352 g/mol. The average molecular weight is 380 g/mol. The lowest BCUT2D eigenvalue weighted by atomic mass is 9.73. The summed E-state index contributed by atoms with van der Waals surface area (Å²) < 4.78 is 5.57. The second-order valence-electron chi connectivity index (χ2n) is 8.06. The molecule has 2 aliphatic heterocycles. The van der Waals surface area contributed by atoms with Crippen LogP contribution < -0.4 is 0 Å². The highest BCUT2D eigenvalue weighted by molar-refractivity contribution is 5.83. The topological polar surface area (TPSA) is 62.7 Å². The number of carbonyl (C=O) groups is 1. The number of hydrogen-bond acceptors (Lipinski definition) is 4. The Labute approximate surface area is 166 Å². The Morgan fingerprint density at radius 1 is 1.18 bits per heavy atom. The van der Waals surface area contributed by atoms with Crippen molar-refractivity contribution in [2.45, 2.75) is 38.2 Å². The van der Waals surface area contributed by atoms with Crippen molar-refractivity contribution in [3.63, 3.8) is 0 Å². The molecule has 28 heavy (non-hydrogen) atoms. The van der Waals surface area contributed by atoms with Crippen LogP contribution in [0.3, 0.4) is 0 Å². The van der Waals surface area contributed by atoms with Crippen LogP contribution >= 0.6 is 0 Å². The van der Waals surface area contributed by atoms with E-state index in [1.54, 1.807) is 6.20 Å². The lowest BCUT2D eigenvalue weighted by Crippen LogP contribution is -2.52. The fourth-order valence-electron chi connectivity index (χ4n) is 4.44. The molecule has 1 N–H and O–H groups in total. The Kier molecular flexibility index (Phi) is 5.74. The number of amides is 1. The van der Waals surface area contributed by atoms with Crippen molar-refractivity contribution < 1.29 is 14.6 Å². The van der Waals surface area contributed by atoms with Crippen LogP contribution in [0.1, 0.15) is 31.2 Å². The van der Waals surface area contributed by atoms with Crippen molar-refractivity contribution in [1.82, 2.24) is 9.88 Å². The van der Waals surface area contributed by atoms with Gasteiger partial charge in [0.25, 0.3) is 0 Å². The van der Waals surface area contributed by atoms with Crippen LogP contribution in [0.5, 0.6) is 0 Å². The molecule has 0 bridgehead atoms. The first kappa shape index (κ1) is 19.1. The number of aromatic nitrogens is 1. The number of carbonyl (C=O) groups excluding carboxylic acids is 1. The van der Waals surface area contributed by atoms with E-state index in [-0.39, 0.29) is 5.91 Å². The number of rotatable bonds is 4. The summed E-state index contributed by atoms with van der Waals surface area (Å²) in [5, 5.41) is 10.0. The maximum absolute atomic E-state index is 13.5. The monoisotopic (exact) mass is 380 g/mol. The van der Waals surface area contributed by atoms with E-state index in [1.165, 1.54) is 5.56 Å². The van der Waals surface area contributed by atoms with Gasteiger partial charge in [-0.2, -0.15) is 0 Å². The van der Waals surface area contributed by atoms with Gasteiger partial charge in [0.15, 0.2) is 0 Å². The van der Waals surface area contributed by atoms with E-state index >= 15 is 0 Å². The number of β-amino-alcohol motifs (C(OH)–C–C–N with tert-alkyl or cyclic N) is 1. The number of aliphatic hydroxyl groups excluding tert-OH is 1. The Morgan fingerprint density at radius 3 is 2.64 bits per heavy atom. The number of pyridine rings is 1. The molecule has 2 aromatic rings. The third-order valence-electron chi connectivity index (χ3n) is 6.08. The molecule has 5 nitrogen and oxygen atoms in total. The van der Waals surface area contributed by atoms with E-state index < -0.39 is 11.5 Å². The van der Waals surface area contributed by atoms with Crippen molar-refractivity contribution in [3.05, 3.63) is 54.4 Å². The minimum atomic E-state index is -0.425. The first-order chi connectivity index (χ1) is 13.7. The molecule has 1 amide bonds. The van der Waals surface area contributed by atoms with Crippen molar-refractivity contribution in [1.29, 1.82) is 0 Å². The van der Waals surface area contributed by atoms with Gasteiger partial charge < -0.3 is 14.7 Å². The maximum Gasteiger partial charge on any atom is 0.229 e. The van der Waals surface area contributed by atoms with Crippen molar-refractivity contribution in [2.24, 2.45) is 5.41 Å². The first-order valence-corrected chi connectivity index (χ1v) is 10.2. The SMILES string of the molecule is O=C(N1CCCC(O)C1)C1(Cc2ccc(-c3cccnc3)cc2)CCOCC1. The van der Waals surface area contributed by atoms with Crippen LogP contribution in [-0.4, -0.2) is 53.3 Å². The molecule has 4 rings (SSSR count). The Hall–Kier alpha value is -2.24. The van der Waals surface area contributed by atoms with Gasteiger partial charge in [-0.1, -0.05) is 30.3 Å². The van der Waals surface area contributed by atoms with Gasteiger partial charge in [0.1, 0.15) is 0 Å². The van der Waals surface area contributed by atoms with Gasteiger partial charge in [0.2, 0.25) is 5.91 Å². The number of aliphatic hydroxyl groups is 1. The molecule has 1 atom stereocenters. The van der Waals surface area contributed by atoms with Crippen LogP contribution in [0.25, 0.3) is 11.1 Å². The lowest BCUT2D eigenvalue weighted by molar-refractivity contribution is -0.151. The summed E-state index contributed by atoms with van der Waals surface area (Å²) in [7, 11) is 0. The minimum absolute atomic E-state index is 0.186. The molecule has 2 aliphatic rings. The number of nitrogens with zero attached hydrogens (tertiary/aromatic N) is 2. The van der Waals surface area contributed by atoms with Gasteiger partial charge >= 0.3 is 0 Å². The average Bonchev–Trinajstić information content (AvgIpc) is 2.75. The van der Waals surface area contributed by atoms with Gasteiger partial charge in [0.05, 0.1) is 11.5 Å². The van der Waals surface area contributed by atoms with Gasteiger partial charge in [-0.05, 0) is 54.9 Å². The quantitative estimate of drug-likeness (QED) is 0.885. The second-order valence-corrected chi connectivity index (χ2v) is 8.06. The van der Waals surface area contributed by atoms with Crippen LogP contribution in [0, 0.1) is 5.41 Å². The van der Waals surface area contributed by atoms with Crippen molar-refractivity contribution >= 4 is 5.91 Å². The zero-order valence-corrected chi connectivity index (χ0v) is 16.2. The Morgan fingerprint density at radius 2 is 1.96 bits per heavy atom. The molecule has 0 radical (unpaired) electrons. The van der Waals surface area contributed by atoms with E-state index in [2.05, 4.69) is 29.2 Å². The van der Waals surface area contributed by atoms with Gasteiger partial charge in [-0.15, -0.1) is 0 Å². The van der Waals surface area contributed by atoms with Crippen LogP contribution in [0.2, 0.25) is 0 Å². The number of hydrogen-bond donors (Lipinski definition) is 1. The highest BCUT2D eigenvalue weighted by Gasteiger charge is 2.43. The second kappa shape index (κ2) is 8.41. The number of piperidine rings is 1. The smallest absolute Gasteiger partial charge is 0.229 e. The zero-order chi connectivity index (χ0) is 19.4. The molecule has 1 unspecified atom stereocenters. The highest BCUT2D eigenvalue weighted by Crippen LogP contribution is 2.37. The predicted molar refractivity (Wildman–Crippen MR) is 108 cm³/mol. The molecular formula is C23H28N2O3. The molecule has 0 aliphatic carbocycles. The van der Waals surface area contributed by atoms with E-state index in [0.717, 1.165) is 49.8 Å². The van der Waals surface area contributed by atoms with Gasteiger partial charge in [-0.3, -0.25) is 9.78 Å². The molecule has 5 heteroatoms. The van der Waals surface area contributed by atoms with Crippen molar-refractivity contribution in [3.8, 4) is 11.1 Å². The summed E-state index contributed by atoms with van der Waals surface area (Å²) in [5.74, 6) is 0.186. The molecule has 3 heterocycles. The number of ether oxygens (including phenoxy) is 1. The lowest BCUT2D eigenvalue weighted by Gasteiger charge is -2.42. The molecule has 1 aromatic heterocycles. The molecule has 0 spiro atoms. The van der Waals surface area contributed by atoms with Crippen LogP contribution in [0.15, 0.2) is 48.8 Å². The predicted octanol–water partition coefficient (Wildman–Crippen LogP) is 3.07. The third kappa shape index (κ3) is 4.10. The van der Waals surface area contributed by atoms with Crippen LogP contribution in [0.4, 0.5) is 0 Å². The van der Waals surface area contributed by atoms with Crippen LogP contribution in [-0.2, 0) is 16.0 Å². The fraction of sp³-hybridized carbons (Fsp3) is 0.478. The Bertz CT molecular complexity index is 785. The van der Waals surface area contributed by atoms with Gasteiger partial charge in [0, 0.05) is 38.7 Å². The molecule has 1 aromatic carbocycles. The molecule has 2 saturated heterocycles. The van der Waals surface area contributed by atoms with E-state index in [0.29, 0.717) is 19.8 Å². The van der Waals surface area contributed by atoms with Gasteiger partial charge in [-0.25, -0.2) is 0 Å². The number of likely N-dealkylation sites (tertiary alicyclic amines) is 1. The summed E-state index contributed by atoms with van der Waals surface area (Å²) in [6.45, 7) is 2.45. The normalized spacial score (nSPS) is 22.0. The molecule has 148 valence electrons.